The zero-order valence-corrected chi connectivity index (χ0v) is 15.3. The molecule has 6 nitrogen and oxygen atoms in total. The van der Waals surface area contributed by atoms with Crippen molar-refractivity contribution in [3.8, 4) is 11.4 Å². The van der Waals surface area contributed by atoms with Crippen molar-refractivity contribution in [2.75, 3.05) is 31.7 Å². The maximum atomic E-state index is 5.73. The molecule has 0 bridgehead atoms. The number of aromatic nitrogens is 3. The zero-order chi connectivity index (χ0) is 18.3. The second-order valence-electron chi connectivity index (χ2n) is 6.64. The van der Waals surface area contributed by atoms with Crippen molar-refractivity contribution in [1.82, 2.24) is 15.0 Å². The molecule has 1 aliphatic heterocycles. The first-order valence-corrected chi connectivity index (χ1v) is 9.50. The Labute approximate surface area is 159 Å². The molecule has 3 heterocycles. The molecule has 1 aromatic carbocycles. The summed E-state index contributed by atoms with van der Waals surface area (Å²) >= 11 is 0. The molecule has 0 saturated carbocycles. The first kappa shape index (κ1) is 17.8. The van der Waals surface area contributed by atoms with Crippen LogP contribution in [-0.2, 0) is 9.47 Å². The third-order valence-electron chi connectivity index (χ3n) is 4.61. The van der Waals surface area contributed by atoms with Gasteiger partial charge in [-0.15, -0.1) is 0 Å². The highest BCUT2D eigenvalue weighted by molar-refractivity contribution is 5.90. The van der Waals surface area contributed by atoms with Crippen molar-refractivity contribution in [3.63, 3.8) is 0 Å². The van der Waals surface area contributed by atoms with E-state index in [0.717, 1.165) is 54.7 Å². The zero-order valence-electron chi connectivity index (χ0n) is 15.3. The molecule has 1 atom stereocenters. The molecule has 1 unspecified atom stereocenters. The molecule has 4 rings (SSSR count). The second-order valence-corrected chi connectivity index (χ2v) is 6.64. The number of nitrogens with one attached hydrogen (secondary N) is 1. The van der Waals surface area contributed by atoms with Crippen LogP contribution in [0.5, 0.6) is 0 Å². The van der Waals surface area contributed by atoms with Crippen LogP contribution in [0.2, 0.25) is 0 Å². The molecule has 2 aromatic heterocycles. The van der Waals surface area contributed by atoms with Crippen LogP contribution in [0.3, 0.4) is 0 Å². The fraction of sp³-hybridized carbons (Fsp3) is 0.381. The Balaban J connectivity index is 1.39. The molecular weight excluding hydrogens is 340 g/mol. The number of hydrogen-bond acceptors (Lipinski definition) is 6. The molecule has 6 heteroatoms. The molecule has 140 valence electrons. The van der Waals surface area contributed by atoms with Crippen molar-refractivity contribution in [3.05, 3.63) is 48.8 Å². The number of ether oxygens (including phenoxy) is 2. The molecule has 1 N–H and O–H groups in total. The summed E-state index contributed by atoms with van der Waals surface area (Å²) in [5.41, 5.74) is 1.83. The molecule has 0 radical (unpaired) electrons. The number of pyridine rings is 1. The average molecular weight is 364 g/mol. The molecule has 0 aliphatic carbocycles. The average Bonchev–Trinajstić information content (AvgIpc) is 3.24. The van der Waals surface area contributed by atoms with Crippen LogP contribution in [0.1, 0.15) is 19.3 Å². The molecule has 0 amide bonds. The smallest absolute Gasteiger partial charge is 0.163 e. The molecule has 1 fully saturated rings. The van der Waals surface area contributed by atoms with Gasteiger partial charge in [0.25, 0.3) is 0 Å². The Morgan fingerprint density at radius 3 is 2.96 bits per heavy atom. The Kier molecular flexibility index (Phi) is 5.86. The van der Waals surface area contributed by atoms with E-state index in [2.05, 4.69) is 15.3 Å². The summed E-state index contributed by atoms with van der Waals surface area (Å²) in [4.78, 5) is 13.6. The lowest BCUT2D eigenvalue weighted by Gasteiger charge is -2.12. The van der Waals surface area contributed by atoms with E-state index in [9.17, 15) is 0 Å². The van der Waals surface area contributed by atoms with E-state index >= 15 is 0 Å². The van der Waals surface area contributed by atoms with Gasteiger partial charge in [0.1, 0.15) is 5.82 Å². The lowest BCUT2D eigenvalue weighted by molar-refractivity contribution is 0.0172. The van der Waals surface area contributed by atoms with Crippen LogP contribution in [0.15, 0.2) is 48.8 Å². The van der Waals surface area contributed by atoms with Crippen molar-refractivity contribution in [2.45, 2.75) is 25.4 Å². The minimum Gasteiger partial charge on any atom is -0.379 e. The maximum absolute atomic E-state index is 5.73. The van der Waals surface area contributed by atoms with Gasteiger partial charge in [0, 0.05) is 43.1 Å². The van der Waals surface area contributed by atoms with E-state index in [4.69, 9.17) is 14.5 Å². The quantitative estimate of drug-likeness (QED) is 0.615. The number of hydrogen-bond donors (Lipinski definition) is 1. The minimum absolute atomic E-state index is 0.283. The fourth-order valence-electron chi connectivity index (χ4n) is 3.21. The minimum atomic E-state index is 0.283. The van der Waals surface area contributed by atoms with E-state index < -0.39 is 0 Å². The van der Waals surface area contributed by atoms with Gasteiger partial charge in [-0.3, -0.25) is 4.98 Å². The van der Waals surface area contributed by atoms with E-state index in [0.29, 0.717) is 19.0 Å². The highest BCUT2D eigenvalue weighted by Crippen LogP contribution is 2.24. The third kappa shape index (κ3) is 4.59. The van der Waals surface area contributed by atoms with Gasteiger partial charge in [0.15, 0.2) is 5.82 Å². The standard InChI is InChI=1S/C21H24N4O2/c1-2-9-19-18(8-1)21(25-20(24-19)16-6-3-10-22-14-16)23-11-5-12-26-15-17-7-4-13-27-17/h1-3,6,8-10,14,17H,4-5,7,11-13,15H2,(H,23,24,25). The van der Waals surface area contributed by atoms with Gasteiger partial charge >= 0.3 is 0 Å². The van der Waals surface area contributed by atoms with Crippen molar-refractivity contribution in [2.24, 2.45) is 0 Å². The van der Waals surface area contributed by atoms with Gasteiger partial charge < -0.3 is 14.8 Å². The monoisotopic (exact) mass is 364 g/mol. The van der Waals surface area contributed by atoms with Gasteiger partial charge in [-0.25, -0.2) is 9.97 Å². The number of rotatable bonds is 8. The van der Waals surface area contributed by atoms with Gasteiger partial charge in [-0.05, 0) is 43.5 Å². The van der Waals surface area contributed by atoms with Crippen molar-refractivity contribution < 1.29 is 9.47 Å². The summed E-state index contributed by atoms with van der Waals surface area (Å²) in [5, 5.41) is 4.46. The molecule has 3 aromatic rings. The number of anilines is 1. The van der Waals surface area contributed by atoms with Crippen LogP contribution in [0.4, 0.5) is 5.82 Å². The Hall–Kier alpha value is -2.57. The van der Waals surface area contributed by atoms with E-state index in [1.165, 1.54) is 0 Å². The van der Waals surface area contributed by atoms with Gasteiger partial charge in [-0.1, -0.05) is 12.1 Å². The Morgan fingerprint density at radius 1 is 1.15 bits per heavy atom. The first-order chi connectivity index (χ1) is 13.4. The molecule has 0 spiro atoms. The number of fused-ring (bicyclic) bond motifs is 1. The summed E-state index contributed by atoms with van der Waals surface area (Å²) in [6.45, 7) is 3.07. The topological polar surface area (TPSA) is 69.2 Å². The molecular formula is C21H24N4O2. The van der Waals surface area contributed by atoms with Gasteiger partial charge in [-0.2, -0.15) is 0 Å². The lowest BCUT2D eigenvalue weighted by atomic mass is 10.2. The third-order valence-corrected chi connectivity index (χ3v) is 4.61. The van der Waals surface area contributed by atoms with E-state index in [-0.39, 0.29) is 6.10 Å². The highest BCUT2D eigenvalue weighted by atomic mass is 16.5. The molecule has 1 aliphatic rings. The van der Waals surface area contributed by atoms with E-state index in [1.807, 2.05) is 36.4 Å². The Morgan fingerprint density at radius 2 is 2.11 bits per heavy atom. The first-order valence-electron chi connectivity index (χ1n) is 9.50. The normalized spacial score (nSPS) is 16.7. The molecule has 1 saturated heterocycles. The fourth-order valence-corrected chi connectivity index (χ4v) is 3.21. The number of nitrogens with zero attached hydrogens (tertiary/aromatic N) is 3. The highest BCUT2D eigenvalue weighted by Gasteiger charge is 2.15. The number of para-hydroxylation sites is 1. The van der Waals surface area contributed by atoms with Crippen LogP contribution >= 0.6 is 0 Å². The lowest BCUT2D eigenvalue weighted by Crippen LogP contribution is -2.16. The van der Waals surface area contributed by atoms with E-state index in [1.54, 1.807) is 12.4 Å². The van der Waals surface area contributed by atoms with Crippen molar-refractivity contribution >= 4 is 16.7 Å². The van der Waals surface area contributed by atoms with Crippen LogP contribution in [-0.4, -0.2) is 47.4 Å². The summed E-state index contributed by atoms with van der Waals surface area (Å²) in [6.07, 6.45) is 6.99. The van der Waals surface area contributed by atoms with Crippen LogP contribution < -0.4 is 5.32 Å². The number of benzene rings is 1. The Bertz CT molecular complexity index is 866. The maximum Gasteiger partial charge on any atom is 0.163 e. The summed E-state index contributed by atoms with van der Waals surface area (Å²) in [6, 6.07) is 11.9. The second kappa shape index (κ2) is 8.88. The van der Waals surface area contributed by atoms with Crippen molar-refractivity contribution in [1.29, 1.82) is 0 Å². The summed E-state index contributed by atoms with van der Waals surface area (Å²) in [7, 11) is 0. The summed E-state index contributed by atoms with van der Waals surface area (Å²) < 4.78 is 11.3. The van der Waals surface area contributed by atoms with Gasteiger partial charge in [0.2, 0.25) is 0 Å². The SMILES string of the molecule is c1cncc(-c2nc(NCCCOCC3CCCO3)c3ccccc3n2)c1. The predicted molar refractivity (Wildman–Crippen MR) is 106 cm³/mol. The largest absolute Gasteiger partial charge is 0.379 e. The molecule has 27 heavy (non-hydrogen) atoms. The van der Waals surface area contributed by atoms with Crippen LogP contribution in [0, 0.1) is 0 Å². The van der Waals surface area contributed by atoms with Crippen LogP contribution in [0.25, 0.3) is 22.3 Å². The predicted octanol–water partition coefficient (Wildman–Crippen LogP) is 3.69. The van der Waals surface area contributed by atoms with Gasteiger partial charge in [0.05, 0.1) is 18.2 Å². The summed E-state index contributed by atoms with van der Waals surface area (Å²) in [5.74, 6) is 1.53.